The van der Waals surface area contributed by atoms with E-state index in [1.807, 2.05) is 38.4 Å². The standard InChI is InChI=1S/C13H17N3/c1-15-13-9-8-10-11(14)6-4-3-5-7-12(10)16(13)2/h3-7H,8-9,14H2,1-2H3/b4-3?,5-3-,6-4-,7-5?,11-6?,11-10?,12-7?,15-13?. The van der Waals surface area contributed by atoms with Crippen LogP contribution in [0.15, 0.2) is 52.3 Å². The van der Waals surface area contributed by atoms with Crippen LogP contribution in [0.3, 0.4) is 0 Å². The number of aliphatic imine (C=N–C) groups is 1. The average Bonchev–Trinajstić information content (AvgIpc) is 2.27. The molecule has 0 aromatic carbocycles. The second-order valence-corrected chi connectivity index (χ2v) is 3.93. The molecule has 16 heavy (non-hydrogen) atoms. The predicted octanol–water partition coefficient (Wildman–Crippen LogP) is 1.96. The molecule has 3 heteroatoms. The third-order valence-electron chi connectivity index (χ3n) is 3.01. The minimum absolute atomic E-state index is 0.859. The van der Waals surface area contributed by atoms with E-state index in [1.165, 1.54) is 5.57 Å². The third-order valence-corrected chi connectivity index (χ3v) is 3.01. The number of nitrogens with zero attached hydrogens (tertiary/aromatic N) is 2. The molecule has 0 unspecified atom stereocenters. The van der Waals surface area contributed by atoms with Crippen LogP contribution in [0.5, 0.6) is 0 Å². The quantitative estimate of drug-likeness (QED) is 0.671. The second-order valence-electron chi connectivity index (χ2n) is 3.93. The lowest BCUT2D eigenvalue weighted by molar-refractivity contribution is 0.576. The summed E-state index contributed by atoms with van der Waals surface area (Å²) in [6, 6.07) is 0. The molecule has 1 saturated heterocycles. The first kappa shape index (κ1) is 10.7. The molecule has 1 fully saturated rings. The van der Waals surface area contributed by atoms with E-state index < -0.39 is 0 Å². The first-order chi connectivity index (χ1) is 7.74. The van der Waals surface area contributed by atoms with Gasteiger partial charge in [0.25, 0.3) is 0 Å². The topological polar surface area (TPSA) is 41.6 Å². The summed E-state index contributed by atoms with van der Waals surface area (Å²) in [5.41, 5.74) is 9.29. The van der Waals surface area contributed by atoms with Crippen LogP contribution in [-0.4, -0.2) is 24.8 Å². The summed E-state index contributed by atoms with van der Waals surface area (Å²) in [6.07, 6.45) is 12.0. The third kappa shape index (κ3) is 1.81. The van der Waals surface area contributed by atoms with E-state index in [4.69, 9.17) is 5.73 Å². The van der Waals surface area contributed by atoms with E-state index in [0.29, 0.717) is 0 Å². The molecule has 0 spiro atoms. The lowest BCUT2D eigenvalue weighted by Gasteiger charge is -2.32. The van der Waals surface area contributed by atoms with Gasteiger partial charge < -0.3 is 10.6 Å². The van der Waals surface area contributed by atoms with Crippen molar-refractivity contribution in [3.8, 4) is 0 Å². The Balaban J connectivity index is 2.46. The maximum absolute atomic E-state index is 6.06. The van der Waals surface area contributed by atoms with Crippen LogP contribution in [0.2, 0.25) is 0 Å². The Hall–Kier alpha value is -1.77. The van der Waals surface area contributed by atoms with Crippen molar-refractivity contribution in [2.24, 2.45) is 10.7 Å². The maximum atomic E-state index is 6.06. The predicted molar refractivity (Wildman–Crippen MR) is 67.9 cm³/mol. The molecule has 2 rings (SSSR count). The fourth-order valence-corrected chi connectivity index (χ4v) is 2.11. The summed E-state index contributed by atoms with van der Waals surface area (Å²) in [4.78, 5) is 6.42. The van der Waals surface area contributed by atoms with Crippen LogP contribution in [-0.2, 0) is 0 Å². The number of likely N-dealkylation sites (N-methyl/N-ethyl adjacent to an activating group) is 1. The molecule has 0 saturated carbocycles. The van der Waals surface area contributed by atoms with Gasteiger partial charge in [-0.3, -0.25) is 4.99 Å². The molecule has 84 valence electrons. The van der Waals surface area contributed by atoms with Gasteiger partial charge in [0.05, 0.1) is 0 Å². The van der Waals surface area contributed by atoms with Gasteiger partial charge in [-0.2, -0.15) is 0 Å². The number of rotatable bonds is 0. The molecule has 0 amide bonds. The van der Waals surface area contributed by atoms with Gasteiger partial charge in [0.1, 0.15) is 5.84 Å². The maximum Gasteiger partial charge on any atom is 0.103 e. The average molecular weight is 215 g/mol. The Labute approximate surface area is 96.3 Å². The van der Waals surface area contributed by atoms with E-state index in [2.05, 4.69) is 16.0 Å². The molecular formula is C13H17N3. The van der Waals surface area contributed by atoms with Crippen molar-refractivity contribution in [1.82, 2.24) is 4.90 Å². The summed E-state index contributed by atoms with van der Waals surface area (Å²) in [5, 5.41) is 0. The lowest BCUT2D eigenvalue weighted by atomic mass is 9.96. The first-order valence-corrected chi connectivity index (χ1v) is 5.47. The van der Waals surface area contributed by atoms with E-state index >= 15 is 0 Å². The second kappa shape index (κ2) is 4.39. The number of amidine groups is 1. The van der Waals surface area contributed by atoms with Crippen molar-refractivity contribution in [3.63, 3.8) is 0 Å². The highest BCUT2D eigenvalue weighted by Gasteiger charge is 2.22. The number of allylic oxidation sites excluding steroid dienone is 6. The van der Waals surface area contributed by atoms with Gasteiger partial charge in [0, 0.05) is 31.9 Å². The first-order valence-electron chi connectivity index (χ1n) is 5.47. The zero-order chi connectivity index (χ0) is 11.5. The molecule has 3 nitrogen and oxygen atoms in total. The summed E-state index contributed by atoms with van der Waals surface area (Å²) in [6.45, 7) is 0. The van der Waals surface area contributed by atoms with Gasteiger partial charge >= 0.3 is 0 Å². The Kier molecular flexibility index (Phi) is 2.95. The van der Waals surface area contributed by atoms with Crippen molar-refractivity contribution in [3.05, 3.63) is 47.3 Å². The molecule has 2 aliphatic rings. The normalized spacial score (nSPS) is 27.0. The van der Waals surface area contributed by atoms with Gasteiger partial charge in [0.15, 0.2) is 0 Å². The molecule has 1 heterocycles. The van der Waals surface area contributed by atoms with Crippen LogP contribution in [0.4, 0.5) is 0 Å². The van der Waals surface area contributed by atoms with Gasteiger partial charge in [-0.1, -0.05) is 18.2 Å². The minimum Gasteiger partial charge on any atom is -0.398 e. The smallest absolute Gasteiger partial charge is 0.103 e. The Morgan fingerprint density at radius 1 is 1.25 bits per heavy atom. The van der Waals surface area contributed by atoms with Gasteiger partial charge in [0.2, 0.25) is 0 Å². The molecule has 0 aromatic heterocycles. The van der Waals surface area contributed by atoms with Crippen LogP contribution >= 0.6 is 0 Å². The van der Waals surface area contributed by atoms with Gasteiger partial charge in [-0.05, 0) is 24.1 Å². The van der Waals surface area contributed by atoms with E-state index in [9.17, 15) is 0 Å². The Bertz CT molecular complexity index is 436. The van der Waals surface area contributed by atoms with Crippen molar-refractivity contribution in [1.29, 1.82) is 0 Å². The zero-order valence-electron chi connectivity index (χ0n) is 9.77. The molecule has 2 N–H and O–H groups in total. The van der Waals surface area contributed by atoms with Crippen molar-refractivity contribution < 1.29 is 0 Å². The van der Waals surface area contributed by atoms with Crippen LogP contribution in [0.25, 0.3) is 0 Å². The minimum atomic E-state index is 0.859. The number of piperidine rings is 1. The number of hydrogen-bond donors (Lipinski definition) is 1. The summed E-state index contributed by atoms with van der Waals surface area (Å²) < 4.78 is 0. The number of nitrogens with two attached hydrogens (primary N) is 1. The highest BCUT2D eigenvalue weighted by Crippen LogP contribution is 2.29. The molecule has 0 atom stereocenters. The van der Waals surface area contributed by atoms with Crippen molar-refractivity contribution in [2.45, 2.75) is 12.8 Å². The molecular weight excluding hydrogens is 198 g/mol. The molecule has 0 bridgehead atoms. The van der Waals surface area contributed by atoms with Crippen LogP contribution in [0, 0.1) is 0 Å². The largest absolute Gasteiger partial charge is 0.398 e. The molecule has 0 radical (unpaired) electrons. The van der Waals surface area contributed by atoms with E-state index in [1.54, 1.807) is 0 Å². The van der Waals surface area contributed by atoms with E-state index in [-0.39, 0.29) is 0 Å². The number of likely N-dealkylation sites (tertiary alicyclic amines) is 1. The highest BCUT2D eigenvalue weighted by molar-refractivity contribution is 5.86. The Morgan fingerprint density at radius 2 is 2.06 bits per heavy atom. The monoisotopic (exact) mass is 215 g/mol. The Morgan fingerprint density at radius 3 is 2.81 bits per heavy atom. The lowest BCUT2D eigenvalue weighted by Crippen LogP contribution is -2.32. The fourth-order valence-electron chi connectivity index (χ4n) is 2.11. The highest BCUT2D eigenvalue weighted by atomic mass is 15.2. The van der Waals surface area contributed by atoms with Gasteiger partial charge in [-0.25, -0.2) is 0 Å². The summed E-state index contributed by atoms with van der Waals surface area (Å²) >= 11 is 0. The molecule has 1 aliphatic heterocycles. The van der Waals surface area contributed by atoms with Crippen LogP contribution < -0.4 is 5.73 Å². The molecule has 1 aliphatic carbocycles. The molecule has 0 aromatic rings. The number of hydrogen-bond acceptors (Lipinski definition) is 2. The fraction of sp³-hybridized carbons (Fsp3) is 0.308. The van der Waals surface area contributed by atoms with Crippen molar-refractivity contribution in [2.75, 3.05) is 14.1 Å². The van der Waals surface area contributed by atoms with Crippen molar-refractivity contribution >= 4 is 5.84 Å². The SMILES string of the molecule is CN=C1CCC2=C(N)/C=C\C=C/C=C2N1C. The zero-order valence-corrected chi connectivity index (χ0v) is 9.77. The summed E-state index contributed by atoms with van der Waals surface area (Å²) in [7, 11) is 3.88. The van der Waals surface area contributed by atoms with E-state index in [0.717, 1.165) is 30.1 Å². The van der Waals surface area contributed by atoms with Gasteiger partial charge in [-0.15, -0.1) is 0 Å². The van der Waals surface area contributed by atoms with Crippen LogP contribution in [0.1, 0.15) is 12.8 Å². The summed E-state index contributed by atoms with van der Waals surface area (Å²) in [5.74, 6) is 1.11. The number of fused-ring (bicyclic) bond motifs is 1.